The molecule has 0 saturated carbocycles. The van der Waals surface area contributed by atoms with E-state index >= 15 is 0 Å². The van der Waals surface area contributed by atoms with Gasteiger partial charge in [0.05, 0.1) is 18.1 Å². The molecule has 34 heavy (non-hydrogen) atoms. The molecule has 1 saturated heterocycles. The zero-order valence-corrected chi connectivity index (χ0v) is 22.7. The van der Waals surface area contributed by atoms with E-state index in [2.05, 4.69) is 62.4 Å². The van der Waals surface area contributed by atoms with Crippen LogP contribution in [0.5, 0.6) is 5.75 Å². The van der Waals surface area contributed by atoms with Crippen molar-refractivity contribution >= 4 is 41.0 Å². The van der Waals surface area contributed by atoms with Crippen molar-refractivity contribution in [2.24, 2.45) is 4.99 Å². The van der Waals surface area contributed by atoms with E-state index in [-0.39, 0.29) is 29.4 Å². The Labute approximate surface area is 219 Å². The summed E-state index contributed by atoms with van der Waals surface area (Å²) in [6.07, 6.45) is 2.95. The minimum absolute atomic E-state index is 0. The number of ether oxygens (including phenoxy) is 2. The van der Waals surface area contributed by atoms with Gasteiger partial charge in [0.2, 0.25) is 0 Å². The molecule has 0 radical (unpaired) electrons. The summed E-state index contributed by atoms with van der Waals surface area (Å²) in [4.78, 5) is 9.11. The zero-order valence-electron chi connectivity index (χ0n) is 20.3. The fourth-order valence-corrected chi connectivity index (χ4v) is 4.67. The first-order valence-electron chi connectivity index (χ1n) is 11.7. The molecule has 184 valence electrons. The first-order chi connectivity index (χ1) is 16.1. The number of benzene rings is 2. The monoisotopic (exact) mass is 577 g/mol. The maximum absolute atomic E-state index is 5.67. The average molecular weight is 578 g/mol. The first kappa shape index (κ1) is 26.3. The lowest BCUT2D eigenvalue weighted by Gasteiger charge is -2.38. The number of aliphatic imine (C=N–C) groups is 1. The van der Waals surface area contributed by atoms with Crippen molar-refractivity contribution in [2.75, 3.05) is 40.5 Å². The molecular weight excluding hydrogens is 541 g/mol. The standard InChI is InChI=1S/C26H35N5O2.HI/c1-20-30-23-7-4-5-8-24(23)31(20)16-6-15-28-25(27-2)29-19-26(13-17-33-18-14-26)21-9-11-22(32-3)12-10-21;/h4-5,7-12H,6,13-19H2,1-3H3,(H2,27,28,29);1H. The molecule has 8 heteroatoms. The molecule has 0 spiro atoms. The topological polar surface area (TPSA) is 72.7 Å². The minimum atomic E-state index is 0. The summed E-state index contributed by atoms with van der Waals surface area (Å²) >= 11 is 0. The zero-order chi connectivity index (χ0) is 23.1. The van der Waals surface area contributed by atoms with Crippen LogP contribution in [-0.4, -0.2) is 56.0 Å². The van der Waals surface area contributed by atoms with Crippen molar-refractivity contribution in [3.8, 4) is 5.75 Å². The molecular formula is C26H36IN5O2. The van der Waals surface area contributed by atoms with Gasteiger partial charge in [-0.15, -0.1) is 24.0 Å². The van der Waals surface area contributed by atoms with Gasteiger partial charge in [0.25, 0.3) is 0 Å². The number of rotatable bonds is 8. The molecule has 1 aliphatic heterocycles. The van der Waals surface area contributed by atoms with Crippen molar-refractivity contribution in [3.63, 3.8) is 0 Å². The van der Waals surface area contributed by atoms with Gasteiger partial charge in [0.15, 0.2) is 5.96 Å². The van der Waals surface area contributed by atoms with Gasteiger partial charge in [-0.3, -0.25) is 4.99 Å². The van der Waals surface area contributed by atoms with E-state index in [1.54, 1.807) is 7.11 Å². The number of hydrogen-bond acceptors (Lipinski definition) is 4. The Morgan fingerprint density at radius 2 is 1.85 bits per heavy atom. The van der Waals surface area contributed by atoms with Crippen molar-refractivity contribution in [1.29, 1.82) is 0 Å². The highest BCUT2D eigenvalue weighted by Gasteiger charge is 2.34. The summed E-state index contributed by atoms with van der Waals surface area (Å²) in [5, 5.41) is 7.05. The third-order valence-electron chi connectivity index (χ3n) is 6.67. The largest absolute Gasteiger partial charge is 0.497 e. The number of para-hydroxylation sites is 2. The van der Waals surface area contributed by atoms with Crippen molar-refractivity contribution in [3.05, 3.63) is 59.9 Å². The minimum Gasteiger partial charge on any atom is -0.497 e. The molecule has 0 atom stereocenters. The second-order valence-electron chi connectivity index (χ2n) is 8.63. The van der Waals surface area contributed by atoms with Crippen LogP contribution in [0.4, 0.5) is 0 Å². The second-order valence-corrected chi connectivity index (χ2v) is 8.63. The molecule has 4 rings (SSSR count). The first-order valence-corrected chi connectivity index (χ1v) is 11.7. The van der Waals surface area contributed by atoms with E-state index < -0.39 is 0 Å². The molecule has 0 aliphatic carbocycles. The Morgan fingerprint density at radius 3 is 2.56 bits per heavy atom. The maximum Gasteiger partial charge on any atom is 0.191 e. The predicted octanol–water partition coefficient (Wildman–Crippen LogP) is 4.27. The fraction of sp³-hybridized carbons (Fsp3) is 0.462. The Morgan fingerprint density at radius 1 is 1.12 bits per heavy atom. The van der Waals surface area contributed by atoms with E-state index in [0.29, 0.717) is 0 Å². The third-order valence-corrected chi connectivity index (χ3v) is 6.67. The normalized spacial score (nSPS) is 15.6. The molecule has 0 bridgehead atoms. The number of nitrogens with zero attached hydrogens (tertiary/aromatic N) is 3. The van der Waals surface area contributed by atoms with E-state index in [0.717, 1.165) is 75.2 Å². The molecule has 2 heterocycles. The van der Waals surface area contributed by atoms with Gasteiger partial charge < -0.3 is 24.7 Å². The molecule has 1 aliphatic rings. The highest BCUT2D eigenvalue weighted by molar-refractivity contribution is 14.0. The van der Waals surface area contributed by atoms with Crippen molar-refractivity contribution in [1.82, 2.24) is 20.2 Å². The molecule has 1 aromatic heterocycles. The van der Waals surface area contributed by atoms with Crippen LogP contribution >= 0.6 is 24.0 Å². The van der Waals surface area contributed by atoms with Crippen LogP contribution < -0.4 is 15.4 Å². The number of aromatic nitrogens is 2. The van der Waals surface area contributed by atoms with E-state index in [1.165, 1.54) is 11.1 Å². The number of hydrogen-bond donors (Lipinski definition) is 2. The molecule has 0 unspecified atom stereocenters. The van der Waals surface area contributed by atoms with Crippen molar-refractivity contribution in [2.45, 2.75) is 38.1 Å². The molecule has 1 fully saturated rings. The van der Waals surface area contributed by atoms with Crippen LogP contribution in [0.2, 0.25) is 0 Å². The van der Waals surface area contributed by atoms with Gasteiger partial charge in [-0.1, -0.05) is 24.3 Å². The highest BCUT2D eigenvalue weighted by Crippen LogP contribution is 2.35. The molecule has 2 aromatic carbocycles. The number of aryl methyl sites for hydroxylation is 2. The Kier molecular flexibility index (Phi) is 9.58. The van der Waals surface area contributed by atoms with Gasteiger partial charge in [0, 0.05) is 45.3 Å². The summed E-state index contributed by atoms with van der Waals surface area (Å²) < 4.78 is 13.3. The van der Waals surface area contributed by atoms with Crippen LogP contribution in [0.3, 0.4) is 0 Å². The number of halogens is 1. The lowest BCUT2D eigenvalue weighted by molar-refractivity contribution is 0.0513. The highest BCUT2D eigenvalue weighted by atomic mass is 127. The van der Waals surface area contributed by atoms with Gasteiger partial charge in [0.1, 0.15) is 11.6 Å². The summed E-state index contributed by atoms with van der Waals surface area (Å²) in [7, 11) is 3.53. The van der Waals surface area contributed by atoms with Gasteiger partial charge in [-0.05, 0) is 56.0 Å². The number of guanidine groups is 1. The molecule has 7 nitrogen and oxygen atoms in total. The van der Waals surface area contributed by atoms with E-state index in [9.17, 15) is 0 Å². The van der Waals surface area contributed by atoms with Gasteiger partial charge >= 0.3 is 0 Å². The van der Waals surface area contributed by atoms with Crippen LogP contribution in [-0.2, 0) is 16.7 Å². The number of imidazole rings is 1. The van der Waals surface area contributed by atoms with Gasteiger partial charge in [-0.25, -0.2) is 4.98 Å². The Hall–Kier alpha value is -2.33. The summed E-state index contributed by atoms with van der Waals surface area (Å²) in [6, 6.07) is 16.8. The molecule has 3 aromatic rings. The van der Waals surface area contributed by atoms with Crippen LogP contribution in [0, 0.1) is 6.92 Å². The predicted molar refractivity (Wildman–Crippen MR) is 149 cm³/mol. The summed E-state index contributed by atoms with van der Waals surface area (Å²) in [6.45, 7) is 6.19. The lowest BCUT2D eigenvalue weighted by atomic mass is 9.74. The average Bonchev–Trinajstić information content (AvgIpc) is 3.19. The number of nitrogens with one attached hydrogen (secondary N) is 2. The quantitative estimate of drug-likeness (QED) is 0.181. The van der Waals surface area contributed by atoms with Crippen LogP contribution in [0.25, 0.3) is 11.0 Å². The number of methoxy groups -OCH3 is 1. The number of fused-ring (bicyclic) bond motifs is 1. The summed E-state index contributed by atoms with van der Waals surface area (Å²) in [5.41, 5.74) is 3.59. The summed E-state index contributed by atoms with van der Waals surface area (Å²) in [5.74, 6) is 2.77. The van der Waals surface area contributed by atoms with Crippen LogP contribution in [0.1, 0.15) is 30.7 Å². The smallest absolute Gasteiger partial charge is 0.191 e. The van der Waals surface area contributed by atoms with E-state index in [4.69, 9.17) is 9.47 Å². The van der Waals surface area contributed by atoms with Gasteiger partial charge in [-0.2, -0.15) is 0 Å². The third kappa shape index (κ3) is 6.02. The molecule has 2 N–H and O–H groups in total. The maximum atomic E-state index is 5.67. The lowest BCUT2D eigenvalue weighted by Crippen LogP contribution is -2.48. The fourth-order valence-electron chi connectivity index (χ4n) is 4.67. The SMILES string of the molecule is CN=C(NCCCn1c(C)nc2ccccc21)NCC1(c2ccc(OC)cc2)CCOCC1.I. The molecule has 0 amide bonds. The Balaban J connectivity index is 0.00000324. The van der Waals surface area contributed by atoms with Crippen molar-refractivity contribution < 1.29 is 9.47 Å². The Bertz CT molecular complexity index is 1070. The second kappa shape index (κ2) is 12.4. The van der Waals surface area contributed by atoms with Crippen LogP contribution in [0.15, 0.2) is 53.5 Å². The van der Waals surface area contributed by atoms with E-state index in [1.807, 2.05) is 25.2 Å².